The molecule has 6 nitrogen and oxygen atoms in total. The fraction of sp³-hybridized carbons (Fsp3) is 0.286. The van der Waals surface area contributed by atoms with Gasteiger partial charge in [0.1, 0.15) is 5.75 Å². The molecule has 3 N–H and O–H groups in total. The van der Waals surface area contributed by atoms with Crippen LogP contribution in [0.3, 0.4) is 0 Å². The normalized spacial score (nSPS) is 18.3. The number of urea groups is 1. The number of carbonyl (C=O) groups is 2. The average Bonchev–Trinajstić information content (AvgIpc) is 2.38. The molecular weight excluding hydrogens is 260 g/mol. The van der Waals surface area contributed by atoms with E-state index < -0.39 is 18.0 Å². The number of allylic oxidation sites excluding steroid dienone is 1. The molecule has 1 aromatic rings. The summed E-state index contributed by atoms with van der Waals surface area (Å²) in [5, 5.41) is 15.1. The molecule has 1 heterocycles. The highest BCUT2D eigenvalue weighted by molar-refractivity contribution is 5.95. The number of carbonyl (C=O) groups excluding carboxylic acids is 2. The highest BCUT2D eigenvalue weighted by Crippen LogP contribution is 2.32. The predicted molar refractivity (Wildman–Crippen MR) is 71.8 cm³/mol. The first-order valence-corrected chi connectivity index (χ1v) is 6.28. The number of ether oxygens (including phenoxy) is 1. The number of para-hydroxylation sites is 1. The number of phenolic OH excluding ortho intramolecular Hbond substituents is 1. The summed E-state index contributed by atoms with van der Waals surface area (Å²) in [5.74, 6) is -0.514. The van der Waals surface area contributed by atoms with Crippen molar-refractivity contribution in [2.45, 2.75) is 19.9 Å². The van der Waals surface area contributed by atoms with E-state index in [4.69, 9.17) is 4.74 Å². The number of phenols is 1. The Morgan fingerprint density at radius 1 is 1.40 bits per heavy atom. The van der Waals surface area contributed by atoms with Crippen LogP contribution < -0.4 is 10.6 Å². The molecule has 20 heavy (non-hydrogen) atoms. The predicted octanol–water partition coefficient (Wildman–Crippen LogP) is 1.58. The van der Waals surface area contributed by atoms with E-state index in [1.165, 1.54) is 6.07 Å². The van der Waals surface area contributed by atoms with Gasteiger partial charge in [-0.05, 0) is 19.9 Å². The third-order valence-electron chi connectivity index (χ3n) is 3.01. The van der Waals surface area contributed by atoms with E-state index in [2.05, 4.69) is 10.6 Å². The lowest BCUT2D eigenvalue weighted by Crippen LogP contribution is -2.45. The summed E-state index contributed by atoms with van der Waals surface area (Å²) in [5.41, 5.74) is 1.15. The largest absolute Gasteiger partial charge is 0.508 e. The van der Waals surface area contributed by atoms with Crippen molar-refractivity contribution in [1.82, 2.24) is 10.6 Å². The molecule has 0 radical (unpaired) electrons. The van der Waals surface area contributed by atoms with Gasteiger partial charge >= 0.3 is 12.0 Å². The molecule has 1 atom stereocenters. The first-order chi connectivity index (χ1) is 9.54. The molecule has 2 amide bonds. The van der Waals surface area contributed by atoms with Crippen LogP contribution in [0.2, 0.25) is 0 Å². The van der Waals surface area contributed by atoms with Crippen LogP contribution in [-0.4, -0.2) is 23.7 Å². The maximum absolute atomic E-state index is 12.1. The molecule has 6 heteroatoms. The van der Waals surface area contributed by atoms with Crippen LogP contribution in [0.1, 0.15) is 25.5 Å². The van der Waals surface area contributed by atoms with E-state index >= 15 is 0 Å². The number of hydrogen-bond donors (Lipinski definition) is 3. The van der Waals surface area contributed by atoms with Crippen LogP contribution >= 0.6 is 0 Å². The SMILES string of the molecule is CCOC(=O)C1=C(C)NC(=O)NC1c1ccccc1O. The fourth-order valence-corrected chi connectivity index (χ4v) is 2.14. The van der Waals surface area contributed by atoms with Gasteiger partial charge in [0.25, 0.3) is 0 Å². The Morgan fingerprint density at radius 3 is 2.75 bits per heavy atom. The lowest BCUT2D eigenvalue weighted by Gasteiger charge is -2.28. The van der Waals surface area contributed by atoms with Crippen molar-refractivity contribution in [1.29, 1.82) is 0 Å². The summed E-state index contributed by atoms with van der Waals surface area (Å²) < 4.78 is 5.01. The zero-order valence-electron chi connectivity index (χ0n) is 11.3. The zero-order chi connectivity index (χ0) is 14.7. The quantitative estimate of drug-likeness (QED) is 0.731. The smallest absolute Gasteiger partial charge is 0.338 e. The van der Waals surface area contributed by atoms with Gasteiger partial charge in [0.15, 0.2) is 0 Å². The Morgan fingerprint density at radius 2 is 2.10 bits per heavy atom. The van der Waals surface area contributed by atoms with Gasteiger partial charge in [0.2, 0.25) is 0 Å². The van der Waals surface area contributed by atoms with Crippen LogP contribution in [0, 0.1) is 0 Å². The van der Waals surface area contributed by atoms with Gasteiger partial charge in [0, 0.05) is 11.3 Å². The van der Waals surface area contributed by atoms with Gasteiger partial charge in [0.05, 0.1) is 18.2 Å². The van der Waals surface area contributed by atoms with Crippen LogP contribution in [0.4, 0.5) is 4.79 Å². The number of amides is 2. The Hall–Kier alpha value is -2.50. The van der Waals surface area contributed by atoms with Gasteiger partial charge in [-0.3, -0.25) is 0 Å². The summed E-state index contributed by atoms with van der Waals surface area (Å²) in [6.07, 6.45) is 0. The minimum atomic E-state index is -0.732. The van der Waals surface area contributed by atoms with Crippen molar-refractivity contribution < 1.29 is 19.4 Å². The second-order valence-corrected chi connectivity index (χ2v) is 4.35. The van der Waals surface area contributed by atoms with Gasteiger partial charge in [-0.25, -0.2) is 9.59 Å². The summed E-state index contributed by atoms with van der Waals surface area (Å²) in [6.45, 7) is 3.56. The fourth-order valence-electron chi connectivity index (χ4n) is 2.14. The van der Waals surface area contributed by atoms with E-state index in [9.17, 15) is 14.7 Å². The van der Waals surface area contributed by atoms with E-state index in [0.717, 1.165) is 0 Å². The Kier molecular flexibility index (Phi) is 3.93. The van der Waals surface area contributed by atoms with Crippen molar-refractivity contribution in [3.63, 3.8) is 0 Å². The minimum Gasteiger partial charge on any atom is -0.508 e. The number of nitrogens with one attached hydrogen (secondary N) is 2. The molecule has 0 aliphatic carbocycles. The number of rotatable bonds is 3. The summed E-state index contributed by atoms with van der Waals surface area (Å²) >= 11 is 0. The lowest BCUT2D eigenvalue weighted by atomic mass is 9.95. The molecule has 0 aromatic heterocycles. The minimum absolute atomic E-state index is 0.00861. The van der Waals surface area contributed by atoms with Crippen LogP contribution in [0.15, 0.2) is 35.5 Å². The maximum Gasteiger partial charge on any atom is 0.338 e. The maximum atomic E-state index is 12.1. The molecule has 0 spiro atoms. The molecule has 1 aliphatic heterocycles. The van der Waals surface area contributed by atoms with E-state index in [0.29, 0.717) is 11.3 Å². The highest BCUT2D eigenvalue weighted by atomic mass is 16.5. The standard InChI is InChI=1S/C14H16N2O4/c1-3-20-13(18)11-8(2)15-14(19)16-12(11)9-6-4-5-7-10(9)17/h4-7,12,17H,3H2,1-2H3,(H2,15,16,19). The Balaban J connectivity index is 2.48. The molecule has 106 valence electrons. The zero-order valence-corrected chi connectivity index (χ0v) is 11.3. The summed E-state index contributed by atoms with van der Waals surface area (Å²) in [7, 11) is 0. The number of aromatic hydroxyl groups is 1. The molecule has 2 rings (SSSR count). The third kappa shape index (κ3) is 2.59. The molecule has 0 fully saturated rings. The Labute approximate surface area is 116 Å². The van der Waals surface area contributed by atoms with Crippen molar-refractivity contribution in [3.8, 4) is 5.75 Å². The topological polar surface area (TPSA) is 87.7 Å². The molecule has 0 bridgehead atoms. The van der Waals surface area contributed by atoms with Crippen molar-refractivity contribution in [2.24, 2.45) is 0 Å². The molecular formula is C14H16N2O4. The highest BCUT2D eigenvalue weighted by Gasteiger charge is 2.33. The monoisotopic (exact) mass is 276 g/mol. The number of esters is 1. The summed E-state index contributed by atoms with van der Waals surface area (Å²) in [6, 6.07) is 5.39. The van der Waals surface area contributed by atoms with Crippen molar-refractivity contribution in [2.75, 3.05) is 6.61 Å². The third-order valence-corrected chi connectivity index (χ3v) is 3.01. The van der Waals surface area contributed by atoms with Crippen molar-refractivity contribution >= 4 is 12.0 Å². The number of hydrogen-bond acceptors (Lipinski definition) is 4. The molecule has 1 aliphatic rings. The first kappa shape index (κ1) is 13.9. The van der Waals surface area contributed by atoms with E-state index in [1.807, 2.05) is 0 Å². The lowest BCUT2D eigenvalue weighted by molar-refractivity contribution is -0.139. The van der Waals surface area contributed by atoms with Crippen LogP contribution in [0.5, 0.6) is 5.75 Å². The van der Waals surface area contributed by atoms with Gasteiger partial charge < -0.3 is 20.5 Å². The Bertz CT molecular complexity index is 580. The second kappa shape index (κ2) is 5.64. The first-order valence-electron chi connectivity index (χ1n) is 6.28. The van der Waals surface area contributed by atoms with Crippen molar-refractivity contribution in [3.05, 3.63) is 41.1 Å². The number of benzene rings is 1. The van der Waals surface area contributed by atoms with E-state index in [-0.39, 0.29) is 17.9 Å². The summed E-state index contributed by atoms with van der Waals surface area (Å²) in [4.78, 5) is 23.7. The molecule has 0 saturated heterocycles. The average molecular weight is 276 g/mol. The van der Waals surface area contributed by atoms with Crippen LogP contribution in [0.25, 0.3) is 0 Å². The van der Waals surface area contributed by atoms with Gasteiger partial charge in [-0.15, -0.1) is 0 Å². The van der Waals surface area contributed by atoms with Crippen LogP contribution in [-0.2, 0) is 9.53 Å². The second-order valence-electron chi connectivity index (χ2n) is 4.35. The van der Waals surface area contributed by atoms with Gasteiger partial charge in [-0.2, -0.15) is 0 Å². The van der Waals surface area contributed by atoms with E-state index in [1.54, 1.807) is 32.0 Å². The molecule has 0 saturated carbocycles. The molecule has 1 unspecified atom stereocenters. The van der Waals surface area contributed by atoms with Gasteiger partial charge in [-0.1, -0.05) is 18.2 Å². The molecule has 1 aromatic carbocycles.